The van der Waals surface area contributed by atoms with Gasteiger partial charge in [0.15, 0.2) is 0 Å². The molecule has 2 heterocycles. The second kappa shape index (κ2) is 12.6. The number of nitrogens with zero attached hydrogens (tertiary/aromatic N) is 2. The number of carbonyl (C=O) groups excluding carboxylic acids is 1. The lowest BCUT2D eigenvalue weighted by atomic mass is 9.91. The van der Waals surface area contributed by atoms with E-state index in [9.17, 15) is 14.7 Å². The van der Waals surface area contributed by atoms with Crippen LogP contribution in [0.15, 0.2) is 83.3 Å². The zero-order chi connectivity index (χ0) is 28.8. The van der Waals surface area contributed by atoms with Crippen LogP contribution in [0.25, 0.3) is 11.5 Å². The van der Waals surface area contributed by atoms with Gasteiger partial charge in [0.1, 0.15) is 29.1 Å². The molecule has 2 atom stereocenters. The normalized spacial score (nSPS) is 16.7. The average molecular weight is 557 g/mol. The molecule has 0 aliphatic carbocycles. The molecule has 9 nitrogen and oxygen atoms in total. The lowest BCUT2D eigenvalue weighted by molar-refractivity contribution is -0.144. The first kappa shape index (κ1) is 27.8. The summed E-state index contributed by atoms with van der Waals surface area (Å²) in [6.45, 7) is 2.30. The van der Waals surface area contributed by atoms with Crippen molar-refractivity contribution >= 4 is 12.1 Å². The maximum absolute atomic E-state index is 13.3. The van der Waals surface area contributed by atoms with E-state index < -0.39 is 24.1 Å². The SMILES string of the molecule is COc1ccc(OC(=O)N2[C@@H](C(=O)O)CCC[C@H]2c2ccc(OCCc3nc(-c4ccccc4)oc3C)cc2)cc1. The van der Waals surface area contributed by atoms with Crippen LogP contribution in [0.4, 0.5) is 4.79 Å². The highest BCUT2D eigenvalue weighted by Crippen LogP contribution is 2.36. The van der Waals surface area contributed by atoms with Crippen LogP contribution in [0.5, 0.6) is 17.2 Å². The molecule has 1 aliphatic rings. The number of carboxylic acid groups (broad SMARTS) is 1. The Morgan fingerprint density at radius 3 is 2.32 bits per heavy atom. The van der Waals surface area contributed by atoms with Crippen LogP contribution in [0.2, 0.25) is 0 Å². The van der Waals surface area contributed by atoms with Crippen LogP contribution in [0, 0.1) is 6.92 Å². The molecule has 4 aromatic rings. The summed E-state index contributed by atoms with van der Waals surface area (Å²) in [4.78, 5) is 31.3. The summed E-state index contributed by atoms with van der Waals surface area (Å²) < 4.78 is 22.5. The van der Waals surface area contributed by atoms with Crippen molar-refractivity contribution in [3.8, 4) is 28.7 Å². The van der Waals surface area contributed by atoms with E-state index in [0.717, 1.165) is 22.6 Å². The number of amides is 1. The number of carboxylic acids is 1. The summed E-state index contributed by atoms with van der Waals surface area (Å²) in [5.74, 6) is 1.89. The van der Waals surface area contributed by atoms with Gasteiger partial charge in [-0.1, -0.05) is 30.3 Å². The summed E-state index contributed by atoms with van der Waals surface area (Å²) in [6.07, 6.45) is 1.53. The molecule has 0 bridgehead atoms. The third-order valence-electron chi connectivity index (χ3n) is 7.17. The Kier molecular flexibility index (Phi) is 8.53. The van der Waals surface area contributed by atoms with Crippen molar-refractivity contribution in [1.29, 1.82) is 0 Å². The number of aliphatic carboxylic acids is 1. The molecular formula is C32H32N2O7. The number of likely N-dealkylation sites (tertiary alicyclic amines) is 1. The minimum Gasteiger partial charge on any atom is -0.497 e. The van der Waals surface area contributed by atoms with Gasteiger partial charge in [-0.15, -0.1) is 0 Å². The van der Waals surface area contributed by atoms with E-state index in [0.29, 0.717) is 55.4 Å². The summed E-state index contributed by atoms with van der Waals surface area (Å²) in [6, 6.07) is 22.3. The highest BCUT2D eigenvalue weighted by Gasteiger charge is 2.40. The Morgan fingerprint density at radius 2 is 1.63 bits per heavy atom. The Hall–Kier alpha value is -4.79. The molecule has 1 N–H and O–H groups in total. The van der Waals surface area contributed by atoms with E-state index in [4.69, 9.17) is 18.6 Å². The fourth-order valence-electron chi connectivity index (χ4n) is 5.04. The molecule has 1 aromatic heterocycles. The molecule has 0 spiro atoms. The fourth-order valence-corrected chi connectivity index (χ4v) is 5.04. The highest BCUT2D eigenvalue weighted by atomic mass is 16.6. The van der Waals surface area contributed by atoms with Crippen molar-refractivity contribution in [2.75, 3.05) is 13.7 Å². The molecule has 1 amide bonds. The maximum atomic E-state index is 13.3. The largest absolute Gasteiger partial charge is 0.497 e. The summed E-state index contributed by atoms with van der Waals surface area (Å²) in [7, 11) is 1.55. The van der Waals surface area contributed by atoms with Gasteiger partial charge in [-0.05, 0) is 80.3 Å². The van der Waals surface area contributed by atoms with Crippen molar-refractivity contribution in [3.05, 3.63) is 95.9 Å². The Labute approximate surface area is 238 Å². The number of rotatable bonds is 9. The van der Waals surface area contributed by atoms with Gasteiger partial charge in [0.2, 0.25) is 5.89 Å². The Balaban J connectivity index is 1.24. The molecular weight excluding hydrogens is 524 g/mol. The van der Waals surface area contributed by atoms with E-state index in [-0.39, 0.29) is 0 Å². The van der Waals surface area contributed by atoms with Crippen molar-refractivity contribution in [2.24, 2.45) is 0 Å². The smallest absolute Gasteiger partial charge is 0.416 e. The number of oxazole rings is 1. The third-order valence-corrected chi connectivity index (χ3v) is 7.17. The number of hydrogen-bond donors (Lipinski definition) is 1. The summed E-state index contributed by atoms with van der Waals surface area (Å²) >= 11 is 0. The van der Waals surface area contributed by atoms with E-state index in [1.807, 2.05) is 61.5 Å². The molecule has 41 heavy (non-hydrogen) atoms. The molecule has 0 radical (unpaired) electrons. The van der Waals surface area contributed by atoms with Gasteiger partial charge in [0.25, 0.3) is 0 Å². The van der Waals surface area contributed by atoms with Crippen molar-refractivity contribution < 1.29 is 33.3 Å². The van der Waals surface area contributed by atoms with E-state index in [1.54, 1.807) is 31.4 Å². The number of carbonyl (C=O) groups is 2. The zero-order valence-corrected chi connectivity index (χ0v) is 23.0. The van der Waals surface area contributed by atoms with E-state index in [1.165, 1.54) is 4.90 Å². The number of ether oxygens (including phenoxy) is 3. The number of aryl methyl sites for hydroxylation is 1. The average Bonchev–Trinajstić information content (AvgIpc) is 3.38. The molecule has 1 aliphatic heterocycles. The van der Waals surface area contributed by atoms with Gasteiger partial charge in [0, 0.05) is 12.0 Å². The van der Waals surface area contributed by atoms with Gasteiger partial charge in [-0.3, -0.25) is 4.90 Å². The van der Waals surface area contributed by atoms with Crippen LogP contribution >= 0.6 is 0 Å². The van der Waals surface area contributed by atoms with Crippen molar-refractivity contribution in [3.63, 3.8) is 0 Å². The van der Waals surface area contributed by atoms with E-state index in [2.05, 4.69) is 4.98 Å². The number of methoxy groups -OCH3 is 1. The molecule has 212 valence electrons. The zero-order valence-electron chi connectivity index (χ0n) is 23.0. The van der Waals surface area contributed by atoms with Crippen LogP contribution < -0.4 is 14.2 Å². The lowest BCUT2D eigenvalue weighted by Gasteiger charge is -2.39. The van der Waals surface area contributed by atoms with Gasteiger partial charge in [0.05, 0.1) is 25.5 Å². The Morgan fingerprint density at radius 1 is 0.951 bits per heavy atom. The molecule has 1 fully saturated rings. The molecule has 9 heteroatoms. The van der Waals surface area contributed by atoms with Gasteiger partial charge < -0.3 is 23.7 Å². The minimum atomic E-state index is -1.06. The first-order valence-corrected chi connectivity index (χ1v) is 13.5. The number of aromatic nitrogens is 1. The number of piperidine rings is 1. The topological polar surface area (TPSA) is 111 Å². The molecule has 5 rings (SSSR count). The maximum Gasteiger partial charge on any atom is 0.416 e. The summed E-state index contributed by atoms with van der Waals surface area (Å²) in [5, 5.41) is 9.88. The van der Waals surface area contributed by atoms with Crippen LogP contribution in [-0.2, 0) is 11.2 Å². The summed E-state index contributed by atoms with van der Waals surface area (Å²) in [5.41, 5.74) is 2.58. The highest BCUT2D eigenvalue weighted by molar-refractivity contribution is 5.81. The predicted octanol–water partition coefficient (Wildman–Crippen LogP) is 6.46. The molecule has 3 aromatic carbocycles. The van der Waals surface area contributed by atoms with Gasteiger partial charge in [-0.25, -0.2) is 14.6 Å². The van der Waals surface area contributed by atoms with Crippen molar-refractivity contribution in [1.82, 2.24) is 9.88 Å². The molecule has 1 saturated heterocycles. The lowest BCUT2D eigenvalue weighted by Crippen LogP contribution is -2.50. The monoisotopic (exact) mass is 556 g/mol. The van der Waals surface area contributed by atoms with Gasteiger partial charge in [-0.2, -0.15) is 0 Å². The Bertz CT molecular complexity index is 1470. The number of hydrogen-bond acceptors (Lipinski definition) is 7. The third kappa shape index (κ3) is 6.51. The van der Waals surface area contributed by atoms with E-state index >= 15 is 0 Å². The van der Waals surface area contributed by atoms with Crippen molar-refractivity contribution in [2.45, 2.75) is 44.7 Å². The standard InChI is InChI=1S/C32H32N2O7/c1-21-27(33-30(40-21)23-7-4-3-5-8-23)19-20-39-25-13-11-22(12-14-25)28-9-6-10-29(31(35)36)34(28)32(37)41-26-17-15-24(38-2)16-18-26/h3-5,7-8,11-18,28-29H,6,9-10,19-20H2,1-2H3,(H,35,36)/t28-,29+/m0/s1. The minimum absolute atomic E-state index is 0.311. The number of benzene rings is 3. The molecule has 0 saturated carbocycles. The first-order valence-electron chi connectivity index (χ1n) is 13.5. The first-order chi connectivity index (χ1) is 19.9. The quantitative estimate of drug-likeness (QED) is 0.250. The van der Waals surface area contributed by atoms with Crippen LogP contribution in [0.3, 0.4) is 0 Å². The fraction of sp³-hybridized carbons (Fsp3) is 0.281. The van der Waals surface area contributed by atoms with Crippen LogP contribution in [-0.4, -0.2) is 46.8 Å². The second-order valence-electron chi connectivity index (χ2n) is 9.81. The predicted molar refractivity (Wildman–Crippen MR) is 151 cm³/mol. The van der Waals surface area contributed by atoms with Gasteiger partial charge >= 0.3 is 12.1 Å². The van der Waals surface area contributed by atoms with Crippen LogP contribution in [0.1, 0.15) is 42.3 Å². The second-order valence-corrected chi connectivity index (χ2v) is 9.81. The molecule has 0 unspecified atom stereocenters.